The van der Waals surface area contributed by atoms with E-state index in [0.29, 0.717) is 35.7 Å². The maximum absolute atomic E-state index is 12.5. The van der Waals surface area contributed by atoms with Crippen LogP contribution in [0.1, 0.15) is 52.2 Å². The second-order valence-corrected chi connectivity index (χ2v) is 7.87. The number of amides is 2. The van der Waals surface area contributed by atoms with Crippen molar-refractivity contribution in [2.45, 2.75) is 59.1 Å². The van der Waals surface area contributed by atoms with Gasteiger partial charge in [-0.15, -0.1) is 0 Å². The summed E-state index contributed by atoms with van der Waals surface area (Å²) >= 11 is 0. The van der Waals surface area contributed by atoms with Gasteiger partial charge in [-0.25, -0.2) is 9.78 Å². The first kappa shape index (κ1) is 23.7. The van der Waals surface area contributed by atoms with E-state index in [4.69, 9.17) is 14.7 Å². The molecular formula is C23H28N4O4. The Morgan fingerprint density at radius 3 is 2.48 bits per heavy atom. The number of carbonyl (C=O) groups is 2. The number of alkyl carbamates (subject to hydrolysis) is 1. The predicted octanol–water partition coefficient (Wildman–Crippen LogP) is 4.55. The van der Waals surface area contributed by atoms with Gasteiger partial charge in [0.25, 0.3) is 0 Å². The molecule has 0 aliphatic rings. The Balaban J connectivity index is 1.99. The molecule has 1 atom stereocenters. The number of hydrogen-bond donors (Lipinski definition) is 2. The maximum atomic E-state index is 12.5. The molecular weight excluding hydrogens is 396 g/mol. The van der Waals surface area contributed by atoms with Gasteiger partial charge in [0, 0.05) is 6.07 Å². The number of aryl methyl sites for hydroxylation is 1. The molecule has 0 aliphatic heterocycles. The van der Waals surface area contributed by atoms with E-state index >= 15 is 0 Å². The molecule has 2 amide bonds. The first-order chi connectivity index (χ1) is 14.6. The topological polar surface area (TPSA) is 113 Å². The van der Waals surface area contributed by atoms with Crippen LogP contribution in [0.15, 0.2) is 36.5 Å². The van der Waals surface area contributed by atoms with Gasteiger partial charge in [0.2, 0.25) is 11.8 Å². The Bertz CT molecular complexity index is 959. The summed E-state index contributed by atoms with van der Waals surface area (Å²) in [6.45, 7) is 9.02. The van der Waals surface area contributed by atoms with E-state index in [2.05, 4.69) is 21.7 Å². The second kappa shape index (κ2) is 10.4. The Morgan fingerprint density at radius 2 is 1.94 bits per heavy atom. The van der Waals surface area contributed by atoms with Gasteiger partial charge in [0.05, 0.1) is 23.5 Å². The fourth-order valence-electron chi connectivity index (χ4n) is 2.70. The zero-order valence-corrected chi connectivity index (χ0v) is 18.5. The number of rotatable bonds is 7. The number of anilines is 1. The van der Waals surface area contributed by atoms with Crippen molar-refractivity contribution >= 4 is 17.7 Å². The van der Waals surface area contributed by atoms with Crippen LogP contribution >= 0.6 is 0 Å². The van der Waals surface area contributed by atoms with Crippen LogP contribution in [0.4, 0.5) is 10.5 Å². The van der Waals surface area contributed by atoms with E-state index < -0.39 is 17.7 Å². The molecule has 0 unspecified atom stereocenters. The van der Waals surface area contributed by atoms with Crippen LogP contribution in [0.5, 0.6) is 11.6 Å². The minimum Gasteiger partial charge on any atom is -0.444 e. The summed E-state index contributed by atoms with van der Waals surface area (Å²) in [4.78, 5) is 28.6. The van der Waals surface area contributed by atoms with Gasteiger partial charge in [-0.2, -0.15) is 5.26 Å². The van der Waals surface area contributed by atoms with Crippen LogP contribution in [0.25, 0.3) is 0 Å². The molecule has 1 aromatic carbocycles. The number of nitriles is 1. The third-order valence-corrected chi connectivity index (χ3v) is 4.22. The average Bonchev–Trinajstić information content (AvgIpc) is 2.72. The maximum Gasteiger partial charge on any atom is 0.408 e. The van der Waals surface area contributed by atoms with Crippen LogP contribution in [0.3, 0.4) is 0 Å². The van der Waals surface area contributed by atoms with E-state index in [-0.39, 0.29) is 5.91 Å². The molecule has 2 aromatic rings. The third kappa shape index (κ3) is 7.30. The predicted molar refractivity (Wildman–Crippen MR) is 117 cm³/mol. The number of pyridine rings is 1. The summed E-state index contributed by atoms with van der Waals surface area (Å²) in [5.41, 5.74) is 1.33. The fourth-order valence-corrected chi connectivity index (χ4v) is 2.70. The van der Waals surface area contributed by atoms with E-state index in [1.165, 1.54) is 6.20 Å². The lowest BCUT2D eigenvalue weighted by Gasteiger charge is -2.22. The number of carbonyl (C=O) groups excluding carboxylic acids is 2. The van der Waals surface area contributed by atoms with Crippen LogP contribution in [0.2, 0.25) is 0 Å². The van der Waals surface area contributed by atoms with Crippen molar-refractivity contribution in [3.8, 4) is 17.7 Å². The Kier molecular flexibility index (Phi) is 7.97. The van der Waals surface area contributed by atoms with Crippen LogP contribution in [-0.4, -0.2) is 28.6 Å². The summed E-state index contributed by atoms with van der Waals surface area (Å²) in [7, 11) is 0. The fraction of sp³-hybridized carbons (Fsp3) is 0.391. The van der Waals surface area contributed by atoms with Crippen molar-refractivity contribution in [1.29, 1.82) is 5.26 Å². The highest BCUT2D eigenvalue weighted by Gasteiger charge is 2.23. The lowest BCUT2D eigenvalue weighted by Crippen LogP contribution is -2.45. The minimum absolute atomic E-state index is 0.351. The highest BCUT2D eigenvalue weighted by atomic mass is 16.6. The van der Waals surface area contributed by atoms with E-state index in [9.17, 15) is 9.59 Å². The zero-order valence-electron chi connectivity index (χ0n) is 18.5. The number of benzene rings is 1. The van der Waals surface area contributed by atoms with Crippen molar-refractivity contribution in [3.63, 3.8) is 0 Å². The molecule has 31 heavy (non-hydrogen) atoms. The van der Waals surface area contributed by atoms with Crippen LogP contribution < -0.4 is 15.4 Å². The van der Waals surface area contributed by atoms with Gasteiger partial charge in [-0.1, -0.05) is 13.8 Å². The molecule has 1 aromatic heterocycles. The van der Waals surface area contributed by atoms with Crippen molar-refractivity contribution in [1.82, 2.24) is 10.3 Å². The molecule has 0 aliphatic carbocycles. The molecule has 0 radical (unpaired) electrons. The van der Waals surface area contributed by atoms with Gasteiger partial charge in [-0.05, 0) is 63.4 Å². The molecule has 164 valence electrons. The summed E-state index contributed by atoms with van der Waals surface area (Å²) < 4.78 is 10.9. The monoisotopic (exact) mass is 424 g/mol. The van der Waals surface area contributed by atoms with Gasteiger partial charge in [0.1, 0.15) is 17.4 Å². The van der Waals surface area contributed by atoms with Crippen molar-refractivity contribution < 1.29 is 19.1 Å². The van der Waals surface area contributed by atoms with Crippen molar-refractivity contribution in [2.24, 2.45) is 0 Å². The molecule has 0 fully saturated rings. The number of nitrogens with zero attached hydrogens (tertiary/aromatic N) is 2. The molecule has 0 bridgehead atoms. The molecule has 0 spiro atoms. The van der Waals surface area contributed by atoms with Crippen molar-refractivity contribution in [3.05, 3.63) is 47.7 Å². The SMILES string of the molecule is CCc1cc(Oc2ccc(NC(=O)[C@@H](CC)NC(=O)OC(C)(C)C)cn2)ccc1C#N. The minimum atomic E-state index is -0.739. The summed E-state index contributed by atoms with van der Waals surface area (Å²) in [5.74, 6) is 0.555. The zero-order chi connectivity index (χ0) is 23.0. The summed E-state index contributed by atoms with van der Waals surface area (Å²) in [6, 6.07) is 9.93. The third-order valence-electron chi connectivity index (χ3n) is 4.22. The van der Waals surface area contributed by atoms with Crippen molar-refractivity contribution in [2.75, 3.05) is 5.32 Å². The molecule has 0 saturated carbocycles. The van der Waals surface area contributed by atoms with E-state index in [1.807, 2.05) is 13.0 Å². The Labute approximate surface area is 182 Å². The number of nitrogens with one attached hydrogen (secondary N) is 2. The van der Waals surface area contributed by atoms with Gasteiger partial charge >= 0.3 is 6.09 Å². The highest BCUT2D eigenvalue weighted by molar-refractivity contribution is 5.96. The van der Waals surface area contributed by atoms with Crippen LogP contribution in [-0.2, 0) is 16.0 Å². The standard InChI is InChI=1S/C23H28N4O4/c1-6-15-12-18(10-8-16(15)13-24)30-20-11-9-17(14-25-20)26-21(28)19(7-2)27-22(29)31-23(3,4)5/h8-12,14,19H,6-7H2,1-5H3,(H,26,28)(H,27,29)/t19-/m1/s1. The quantitative estimate of drug-likeness (QED) is 0.674. The first-order valence-corrected chi connectivity index (χ1v) is 10.1. The summed E-state index contributed by atoms with van der Waals surface area (Å²) in [6.07, 6.45) is 1.94. The molecule has 1 heterocycles. The Morgan fingerprint density at radius 1 is 1.19 bits per heavy atom. The van der Waals surface area contributed by atoms with E-state index in [0.717, 1.165) is 5.56 Å². The highest BCUT2D eigenvalue weighted by Crippen LogP contribution is 2.24. The molecule has 2 N–H and O–H groups in total. The smallest absolute Gasteiger partial charge is 0.408 e. The largest absolute Gasteiger partial charge is 0.444 e. The van der Waals surface area contributed by atoms with Gasteiger partial charge in [0.15, 0.2) is 0 Å². The van der Waals surface area contributed by atoms with Crippen LogP contribution in [0, 0.1) is 11.3 Å². The molecule has 0 saturated heterocycles. The van der Waals surface area contributed by atoms with Gasteiger partial charge < -0.3 is 20.1 Å². The van der Waals surface area contributed by atoms with E-state index in [1.54, 1.807) is 52.0 Å². The molecule has 8 heteroatoms. The van der Waals surface area contributed by atoms with Gasteiger partial charge in [-0.3, -0.25) is 4.79 Å². The molecule has 8 nitrogen and oxygen atoms in total. The Hall–Kier alpha value is -3.60. The lowest BCUT2D eigenvalue weighted by molar-refractivity contribution is -0.118. The number of ether oxygens (including phenoxy) is 2. The first-order valence-electron chi connectivity index (χ1n) is 10.1. The lowest BCUT2D eigenvalue weighted by atomic mass is 10.1. The number of hydrogen-bond acceptors (Lipinski definition) is 6. The second-order valence-electron chi connectivity index (χ2n) is 7.87. The normalized spacial score (nSPS) is 11.7. The number of aromatic nitrogens is 1. The molecule has 2 rings (SSSR count). The summed E-state index contributed by atoms with van der Waals surface area (Å²) in [5, 5.41) is 14.4. The average molecular weight is 425 g/mol.